The van der Waals surface area contributed by atoms with E-state index >= 15 is 0 Å². The molecule has 3 aliphatic carbocycles. The lowest BCUT2D eigenvalue weighted by Crippen LogP contribution is -2.72. The minimum Gasteiger partial charge on any atom is -0.469 e. The molecule has 0 heterocycles. The maximum Gasteiger partial charge on any atom is 0.314 e. The molecule has 0 saturated heterocycles. The monoisotopic (exact) mass is 682 g/mol. The van der Waals surface area contributed by atoms with Crippen LogP contribution in [0, 0.1) is 23.2 Å². The Morgan fingerprint density at radius 2 is 1.43 bits per heavy atom. The van der Waals surface area contributed by atoms with Gasteiger partial charge in [-0.2, -0.15) is 0 Å². The van der Waals surface area contributed by atoms with Gasteiger partial charge in [0.1, 0.15) is 12.6 Å². The fourth-order valence-electron chi connectivity index (χ4n) is 8.19. The molecule has 0 amide bonds. The molecule has 0 spiro atoms. The summed E-state index contributed by atoms with van der Waals surface area (Å²) in [5.41, 5.74) is -2.16. The van der Waals surface area contributed by atoms with Crippen LogP contribution in [0.1, 0.15) is 67.7 Å². The van der Waals surface area contributed by atoms with Crippen molar-refractivity contribution in [1.29, 1.82) is 0 Å². The van der Waals surface area contributed by atoms with E-state index in [1.54, 1.807) is 7.11 Å². The molecule has 47 heavy (non-hydrogen) atoms. The van der Waals surface area contributed by atoms with Gasteiger partial charge < -0.3 is 23.1 Å². The fourth-order valence-corrected chi connectivity index (χ4v) is 13.9. The molecule has 260 valence electrons. The highest BCUT2D eigenvalue weighted by molar-refractivity contribution is 6.99. The molecule has 7 nitrogen and oxygen atoms in total. The van der Waals surface area contributed by atoms with Crippen molar-refractivity contribution in [2.24, 2.45) is 23.2 Å². The summed E-state index contributed by atoms with van der Waals surface area (Å²) in [6.45, 7) is 20.6. The number of hydrogen-bond acceptors (Lipinski definition) is 7. The van der Waals surface area contributed by atoms with Crippen molar-refractivity contribution >= 4 is 38.8 Å². The van der Waals surface area contributed by atoms with Gasteiger partial charge in [-0.1, -0.05) is 102 Å². The zero-order chi connectivity index (χ0) is 34.9. The van der Waals surface area contributed by atoms with E-state index in [0.717, 1.165) is 0 Å². The van der Waals surface area contributed by atoms with Gasteiger partial charge in [-0.3, -0.25) is 9.59 Å². The quantitative estimate of drug-likeness (QED) is 0.132. The summed E-state index contributed by atoms with van der Waals surface area (Å²) >= 11 is 0. The van der Waals surface area contributed by atoms with E-state index in [2.05, 4.69) is 103 Å². The minimum absolute atomic E-state index is 0.0278. The molecule has 2 aromatic rings. The lowest BCUT2D eigenvalue weighted by Gasteiger charge is -2.62. The van der Waals surface area contributed by atoms with Crippen LogP contribution < -0.4 is 10.4 Å². The van der Waals surface area contributed by atoms with E-state index in [1.807, 2.05) is 19.1 Å². The van der Waals surface area contributed by atoms with E-state index in [-0.39, 0.29) is 46.9 Å². The van der Waals surface area contributed by atoms with Gasteiger partial charge >= 0.3 is 5.97 Å². The standard InChI is InChI=1S/C38H58O7Si2/c1-35(2,3)46(10,11)44-23-22-31-33-28(24-38(25-32(33)39,43-27-41-8)37(31,7)34(40)42-9)26-45-47(36(4,5)6,29-18-14-12-15-19-29)30-20-16-13-17-21-30/h12-21,28,31,33H,22-27H2,1-11H3/t28-,31-,33+,37-,38-/m0/s1. The number of methoxy groups -OCH3 is 2. The Labute approximate surface area is 285 Å². The number of ketones is 1. The minimum atomic E-state index is -2.88. The van der Waals surface area contributed by atoms with Crippen LogP contribution in [-0.4, -0.2) is 68.2 Å². The first kappa shape index (κ1) is 37.7. The maximum atomic E-state index is 14.3. The number of rotatable bonds is 13. The van der Waals surface area contributed by atoms with Crippen molar-refractivity contribution in [3.05, 3.63) is 60.7 Å². The fraction of sp³-hybridized carbons (Fsp3) is 0.632. The Bertz CT molecular complexity index is 1330. The molecule has 9 heteroatoms. The Kier molecular flexibility index (Phi) is 11.2. The number of ether oxygens (including phenoxy) is 3. The average Bonchev–Trinajstić information content (AvgIpc) is 3.01. The molecule has 2 aromatic carbocycles. The Hall–Kier alpha value is -2.15. The van der Waals surface area contributed by atoms with Gasteiger partial charge in [0.15, 0.2) is 8.32 Å². The number of carbonyl (C=O) groups is 2. The van der Waals surface area contributed by atoms with Crippen molar-refractivity contribution < 1.29 is 32.7 Å². The second-order valence-corrected chi connectivity index (χ2v) is 25.5. The van der Waals surface area contributed by atoms with E-state index in [0.29, 0.717) is 26.1 Å². The predicted molar refractivity (Wildman–Crippen MR) is 192 cm³/mol. The molecule has 3 saturated carbocycles. The molecule has 0 N–H and O–H groups in total. The van der Waals surface area contributed by atoms with Crippen LogP contribution in [0.4, 0.5) is 0 Å². The highest BCUT2D eigenvalue weighted by Crippen LogP contribution is 2.62. The molecule has 5 atom stereocenters. The molecular weight excluding hydrogens is 625 g/mol. The zero-order valence-electron chi connectivity index (χ0n) is 30.6. The van der Waals surface area contributed by atoms with Gasteiger partial charge in [0.05, 0.1) is 18.1 Å². The van der Waals surface area contributed by atoms with Crippen LogP contribution in [-0.2, 0) is 32.7 Å². The zero-order valence-corrected chi connectivity index (χ0v) is 32.6. The summed E-state index contributed by atoms with van der Waals surface area (Å²) in [4.78, 5) is 28.2. The normalized spacial score (nSPS) is 26.8. The predicted octanol–water partition coefficient (Wildman–Crippen LogP) is 6.74. The van der Waals surface area contributed by atoms with Crippen LogP contribution in [0.3, 0.4) is 0 Å². The Morgan fingerprint density at radius 3 is 1.89 bits per heavy atom. The SMILES string of the molecule is COCO[C@]12CC(=O)[C@H]([C@H](CO[Si](c3ccccc3)(c3ccccc3)C(C)(C)C)C1)[C@H](CCO[Si](C)(C)C(C)(C)C)[C@@]2(C)C(=O)OC. The molecule has 0 aliphatic heterocycles. The Balaban J connectivity index is 1.80. The van der Waals surface area contributed by atoms with Gasteiger partial charge in [0.2, 0.25) is 0 Å². The van der Waals surface area contributed by atoms with Crippen LogP contribution >= 0.6 is 0 Å². The second kappa shape index (κ2) is 14.0. The summed E-state index contributed by atoms with van der Waals surface area (Å²) in [5, 5.41) is 2.20. The van der Waals surface area contributed by atoms with Crippen LogP contribution in [0.2, 0.25) is 23.2 Å². The summed E-state index contributed by atoms with van der Waals surface area (Å²) in [6, 6.07) is 21.1. The third-order valence-electron chi connectivity index (χ3n) is 11.7. The second-order valence-electron chi connectivity index (χ2n) is 16.4. The maximum absolute atomic E-state index is 14.3. The van der Waals surface area contributed by atoms with Gasteiger partial charge in [-0.05, 0) is 65.1 Å². The topological polar surface area (TPSA) is 80.3 Å². The summed E-state index contributed by atoms with van der Waals surface area (Å²) in [5.74, 6) is -1.14. The third kappa shape index (κ3) is 6.73. The smallest absolute Gasteiger partial charge is 0.314 e. The van der Waals surface area contributed by atoms with Gasteiger partial charge in [0.25, 0.3) is 8.32 Å². The number of hydrogen-bond donors (Lipinski definition) is 0. The summed E-state index contributed by atoms with van der Waals surface area (Å²) < 4.78 is 31.5. The Morgan fingerprint density at radius 1 is 0.872 bits per heavy atom. The van der Waals surface area contributed by atoms with E-state index < -0.39 is 33.6 Å². The third-order valence-corrected chi connectivity index (χ3v) is 21.3. The van der Waals surface area contributed by atoms with Crippen LogP contribution in [0.5, 0.6) is 0 Å². The highest BCUT2D eigenvalue weighted by Gasteiger charge is 2.71. The molecule has 3 fully saturated rings. The van der Waals surface area contributed by atoms with Crippen molar-refractivity contribution in [2.75, 3.05) is 34.2 Å². The van der Waals surface area contributed by atoms with Crippen molar-refractivity contribution in [1.82, 2.24) is 0 Å². The van der Waals surface area contributed by atoms with Crippen LogP contribution in [0.15, 0.2) is 60.7 Å². The van der Waals surface area contributed by atoms with Crippen molar-refractivity contribution in [3.63, 3.8) is 0 Å². The number of fused-ring (bicyclic) bond motifs is 3. The first-order valence-corrected chi connectivity index (χ1v) is 21.9. The van der Waals surface area contributed by atoms with Crippen molar-refractivity contribution in [3.8, 4) is 0 Å². The van der Waals surface area contributed by atoms with Gasteiger partial charge in [0, 0.05) is 32.7 Å². The number of carbonyl (C=O) groups excluding carboxylic acids is 2. The first-order valence-electron chi connectivity index (χ1n) is 17.0. The number of Topliss-reactive ketones (excluding diaryl/α,β-unsaturated/α-hetero) is 1. The summed E-state index contributed by atoms with van der Waals surface area (Å²) in [7, 11) is -1.96. The molecule has 0 aromatic heterocycles. The molecule has 0 radical (unpaired) electrons. The summed E-state index contributed by atoms with van der Waals surface area (Å²) in [6.07, 6.45) is 1.18. The molecule has 3 aliphatic rings. The largest absolute Gasteiger partial charge is 0.469 e. The first-order chi connectivity index (χ1) is 21.9. The van der Waals surface area contributed by atoms with Gasteiger partial charge in [-0.25, -0.2) is 0 Å². The van der Waals surface area contributed by atoms with E-state index in [4.69, 9.17) is 23.1 Å². The lowest BCUT2D eigenvalue weighted by atomic mass is 9.44. The molecule has 2 bridgehead atoms. The molecule has 5 rings (SSSR count). The van der Waals surface area contributed by atoms with Gasteiger partial charge in [-0.15, -0.1) is 0 Å². The molecule has 0 unspecified atom stereocenters. The average molecular weight is 683 g/mol. The van der Waals surface area contributed by atoms with Crippen molar-refractivity contribution in [2.45, 2.75) is 96.5 Å². The number of benzene rings is 2. The molecular formula is C38H58O7Si2. The number of esters is 1. The lowest BCUT2D eigenvalue weighted by molar-refractivity contribution is -0.260. The van der Waals surface area contributed by atoms with E-state index in [9.17, 15) is 9.59 Å². The van der Waals surface area contributed by atoms with E-state index in [1.165, 1.54) is 17.5 Å². The highest BCUT2D eigenvalue weighted by atomic mass is 28.4. The van der Waals surface area contributed by atoms with Crippen LogP contribution in [0.25, 0.3) is 0 Å².